The zero-order chi connectivity index (χ0) is 20.7. The predicted molar refractivity (Wildman–Crippen MR) is 104 cm³/mol. The Kier molecular flexibility index (Phi) is 8.37. The number of rotatable bonds is 8. The highest BCUT2D eigenvalue weighted by molar-refractivity contribution is 5.71. The Balaban J connectivity index is 3.00. The Bertz CT molecular complexity index is 611. The van der Waals surface area contributed by atoms with Crippen LogP contribution in [0.2, 0.25) is 0 Å². The Morgan fingerprint density at radius 2 is 1.74 bits per heavy atom. The first kappa shape index (κ1) is 23.0. The van der Waals surface area contributed by atoms with E-state index in [2.05, 4.69) is 9.98 Å². The Morgan fingerprint density at radius 3 is 2.19 bits per heavy atom. The molecule has 1 heterocycles. The average Bonchev–Trinajstić information content (AvgIpc) is 2.52. The summed E-state index contributed by atoms with van der Waals surface area (Å²) in [5, 5.41) is 0. The molecule has 27 heavy (non-hydrogen) atoms. The number of esters is 1. The van der Waals surface area contributed by atoms with E-state index >= 15 is 0 Å². The lowest BCUT2D eigenvalue weighted by Gasteiger charge is -2.22. The molecular weight excluding hydrogens is 348 g/mol. The minimum atomic E-state index is -0.595. The molecule has 0 aromatic carbocycles. The number of hydrogen-bond acceptors (Lipinski definition) is 7. The highest BCUT2D eigenvalue weighted by atomic mass is 16.7. The summed E-state index contributed by atoms with van der Waals surface area (Å²) in [5.41, 5.74) is -0.133. The van der Waals surface area contributed by atoms with Gasteiger partial charge in [0.15, 0.2) is 6.29 Å². The van der Waals surface area contributed by atoms with E-state index in [-0.39, 0.29) is 18.0 Å². The van der Waals surface area contributed by atoms with Gasteiger partial charge < -0.3 is 18.9 Å². The predicted octanol–water partition coefficient (Wildman–Crippen LogP) is 3.72. The third-order valence-corrected chi connectivity index (χ3v) is 3.19. The summed E-state index contributed by atoms with van der Waals surface area (Å²) in [5.74, 6) is 0.170. The maximum atomic E-state index is 12.3. The van der Waals surface area contributed by atoms with E-state index in [9.17, 15) is 4.79 Å². The number of ether oxygens (including phenoxy) is 4. The molecular formula is C20H32N2O5. The fourth-order valence-electron chi connectivity index (χ4n) is 2.15. The number of aliphatic imine (C=N–C) groups is 1. The number of pyridine rings is 1. The molecule has 1 rings (SSSR count). The van der Waals surface area contributed by atoms with Gasteiger partial charge in [0.05, 0.1) is 18.7 Å². The summed E-state index contributed by atoms with van der Waals surface area (Å²) in [6.07, 6.45) is 2.66. The van der Waals surface area contributed by atoms with Crippen LogP contribution in [0, 0.1) is 0 Å². The third kappa shape index (κ3) is 9.49. The monoisotopic (exact) mass is 380 g/mol. The van der Waals surface area contributed by atoms with E-state index in [1.54, 1.807) is 12.3 Å². The summed E-state index contributed by atoms with van der Waals surface area (Å²) in [7, 11) is 3.03. The van der Waals surface area contributed by atoms with Gasteiger partial charge in [-0.05, 0) is 53.2 Å². The number of aromatic nitrogens is 1. The van der Waals surface area contributed by atoms with Crippen molar-refractivity contribution in [3.63, 3.8) is 0 Å². The first-order valence-electron chi connectivity index (χ1n) is 8.89. The van der Waals surface area contributed by atoms with Gasteiger partial charge >= 0.3 is 5.97 Å². The van der Waals surface area contributed by atoms with Crippen molar-refractivity contribution in [2.24, 2.45) is 4.99 Å². The molecule has 7 nitrogen and oxygen atoms in total. The summed E-state index contributed by atoms with van der Waals surface area (Å²) in [6, 6.07) is 3.14. The Hall–Kier alpha value is -1.99. The van der Waals surface area contributed by atoms with Gasteiger partial charge in [-0.25, -0.2) is 4.98 Å². The molecule has 0 aliphatic heterocycles. The number of carbonyl (C=O) groups excluding carboxylic acids is 1. The summed E-state index contributed by atoms with van der Waals surface area (Å²) < 4.78 is 21.4. The van der Waals surface area contributed by atoms with Gasteiger partial charge in [-0.2, -0.15) is 0 Å². The van der Waals surface area contributed by atoms with Gasteiger partial charge in [0.25, 0.3) is 0 Å². The molecule has 0 saturated heterocycles. The maximum Gasteiger partial charge on any atom is 0.308 e. The quantitative estimate of drug-likeness (QED) is 0.388. The van der Waals surface area contributed by atoms with Crippen molar-refractivity contribution in [2.45, 2.75) is 71.5 Å². The van der Waals surface area contributed by atoms with Gasteiger partial charge in [-0.15, -0.1) is 0 Å². The number of carbonyl (C=O) groups is 1. The lowest BCUT2D eigenvalue weighted by molar-refractivity contribution is -0.155. The second kappa shape index (κ2) is 9.80. The minimum absolute atomic E-state index is 0.0784. The van der Waals surface area contributed by atoms with Crippen molar-refractivity contribution in [1.29, 1.82) is 0 Å². The van der Waals surface area contributed by atoms with Crippen LogP contribution in [-0.2, 0) is 19.0 Å². The van der Waals surface area contributed by atoms with Crippen molar-refractivity contribution >= 4 is 12.2 Å². The number of hydrogen-bond donors (Lipinski definition) is 0. The van der Waals surface area contributed by atoms with Gasteiger partial charge in [-0.3, -0.25) is 9.79 Å². The van der Waals surface area contributed by atoms with E-state index in [4.69, 9.17) is 18.9 Å². The zero-order valence-electron chi connectivity index (χ0n) is 17.6. The molecule has 1 aromatic heterocycles. The second-order valence-corrected chi connectivity index (χ2v) is 8.09. The molecule has 1 unspecified atom stereocenters. The van der Waals surface area contributed by atoms with Gasteiger partial charge in [0, 0.05) is 26.5 Å². The molecule has 0 spiro atoms. The van der Waals surface area contributed by atoms with Crippen LogP contribution >= 0.6 is 0 Å². The van der Waals surface area contributed by atoms with Gasteiger partial charge in [0.2, 0.25) is 5.88 Å². The molecule has 0 bridgehead atoms. The molecule has 0 aliphatic carbocycles. The second-order valence-electron chi connectivity index (χ2n) is 8.09. The molecule has 0 radical (unpaired) electrons. The lowest BCUT2D eigenvalue weighted by atomic mass is 10.1. The number of nitrogens with zero attached hydrogens (tertiary/aromatic N) is 2. The van der Waals surface area contributed by atoms with Crippen molar-refractivity contribution in [1.82, 2.24) is 4.98 Å². The summed E-state index contributed by atoms with van der Waals surface area (Å²) in [4.78, 5) is 21.1. The van der Waals surface area contributed by atoms with Gasteiger partial charge in [-0.1, -0.05) is 0 Å². The van der Waals surface area contributed by atoms with Crippen LogP contribution in [0.1, 0.15) is 59.6 Å². The van der Waals surface area contributed by atoms with Crippen LogP contribution in [0.4, 0.5) is 0 Å². The van der Waals surface area contributed by atoms with Gasteiger partial charge in [0.1, 0.15) is 11.2 Å². The van der Waals surface area contributed by atoms with Crippen molar-refractivity contribution < 1.29 is 23.7 Å². The van der Waals surface area contributed by atoms with Crippen LogP contribution in [-0.4, -0.2) is 48.9 Å². The van der Waals surface area contributed by atoms with Crippen molar-refractivity contribution in [3.05, 3.63) is 23.9 Å². The van der Waals surface area contributed by atoms with E-state index in [0.717, 1.165) is 5.56 Å². The maximum absolute atomic E-state index is 12.3. The van der Waals surface area contributed by atoms with E-state index < -0.39 is 17.9 Å². The molecule has 152 valence electrons. The minimum Gasteiger partial charge on any atom is -0.472 e. The SMILES string of the molecule is COC(/C=N/C(CC(=O)OC(C)(C)C)c1ccc(OC(C)(C)C)nc1)OC. The molecule has 0 fully saturated rings. The van der Waals surface area contributed by atoms with E-state index in [0.29, 0.717) is 5.88 Å². The lowest BCUT2D eigenvalue weighted by Crippen LogP contribution is -2.25. The fraction of sp³-hybridized carbons (Fsp3) is 0.650. The highest BCUT2D eigenvalue weighted by Gasteiger charge is 2.22. The Labute approximate surface area is 162 Å². The first-order chi connectivity index (χ1) is 12.4. The largest absolute Gasteiger partial charge is 0.472 e. The average molecular weight is 380 g/mol. The van der Waals surface area contributed by atoms with Crippen LogP contribution in [0.15, 0.2) is 23.3 Å². The number of methoxy groups -OCH3 is 2. The van der Waals surface area contributed by atoms with Crippen molar-refractivity contribution in [3.8, 4) is 5.88 Å². The molecule has 0 amide bonds. The van der Waals surface area contributed by atoms with E-state index in [1.807, 2.05) is 47.6 Å². The highest BCUT2D eigenvalue weighted by Crippen LogP contribution is 2.25. The van der Waals surface area contributed by atoms with E-state index in [1.165, 1.54) is 20.4 Å². The van der Waals surface area contributed by atoms with Crippen LogP contribution in [0.5, 0.6) is 5.88 Å². The third-order valence-electron chi connectivity index (χ3n) is 3.19. The van der Waals surface area contributed by atoms with Crippen molar-refractivity contribution in [2.75, 3.05) is 14.2 Å². The molecule has 7 heteroatoms. The standard InChI is InChI=1S/C20H32N2O5/c1-19(2,3)26-16-10-9-14(12-22-16)15(21-13-18(24-7)25-8)11-17(23)27-20(4,5)6/h9-10,12-13,15,18H,11H2,1-8H3/b21-13+. The zero-order valence-corrected chi connectivity index (χ0v) is 17.6. The molecule has 1 atom stereocenters. The Morgan fingerprint density at radius 1 is 1.11 bits per heavy atom. The molecule has 0 saturated carbocycles. The normalized spacial score (nSPS) is 13.8. The van der Waals surface area contributed by atoms with Crippen LogP contribution in [0.3, 0.4) is 0 Å². The summed E-state index contributed by atoms with van der Waals surface area (Å²) in [6.45, 7) is 11.3. The summed E-state index contributed by atoms with van der Waals surface area (Å²) >= 11 is 0. The van der Waals surface area contributed by atoms with Crippen LogP contribution < -0.4 is 4.74 Å². The molecule has 1 aromatic rings. The van der Waals surface area contributed by atoms with Crippen LogP contribution in [0.25, 0.3) is 0 Å². The topological polar surface area (TPSA) is 79.2 Å². The first-order valence-corrected chi connectivity index (χ1v) is 8.89. The smallest absolute Gasteiger partial charge is 0.308 e. The fourth-order valence-corrected chi connectivity index (χ4v) is 2.15. The molecule has 0 N–H and O–H groups in total. The molecule has 0 aliphatic rings.